The molecule has 4 rings (SSSR count). The zero-order valence-electron chi connectivity index (χ0n) is 18.1. The van der Waals surface area contributed by atoms with Crippen molar-refractivity contribution in [2.24, 2.45) is 0 Å². The first-order valence-corrected chi connectivity index (χ1v) is 10.3. The minimum Gasteiger partial charge on any atom is -0.503 e. The number of hydrogen-bond donors (Lipinski definition) is 2. The number of halogens is 2. The fourth-order valence-electron chi connectivity index (χ4n) is 4.36. The number of nitrogens with one attached hydrogen (secondary N) is 1. The minimum atomic E-state index is -1.04. The molecule has 11 heteroatoms. The molecule has 0 radical (unpaired) electrons. The van der Waals surface area contributed by atoms with Gasteiger partial charge in [0.15, 0.2) is 11.4 Å². The molecule has 1 aromatic heterocycles. The van der Waals surface area contributed by atoms with Crippen LogP contribution in [0.2, 0.25) is 0 Å². The highest BCUT2D eigenvalue weighted by Gasteiger charge is 2.48. The molecule has 3 heterocycles. The second kappa shape index (κ2) is 8.56. The van der Waals surface area contributed by atoms with E-state index in [0.29, 0.717) is 19.1 Å². The van der Waals surface area contributed by atoms with Crippen LogP contribution < -0.4 is 10.7 Å². The van der Waals surface area contributed by atoms with Crippen LogP contribution in [0.3, 0.4) is 0 Å². The van der Waals surface area contributed by atoms with E-state index < -0.39 is 45.7 Å². The number of fused-ring (bicyclic) bond motifs is 1. The SMILES string of the molecule is COCc1c(C(=O)NCc2ccc(F)cc2F)c(=O)c(O)c2n1CC1(CCOC1)N(C)C2=O. The Balaban J connectivity index is 1.77. The molecule has 2 aliphatic rings. The highest BCUT2D eigenvalue weighted by molar-refractivity contribution is 6.00. The zero-order chi connectivity index (χ0) is 23.9. The topological polar surface area (TPSA) is 110 Å². The molecule has 2 aliphatic heterocycles. The van der Waals surface area contributed by atoms with Gasteiger partial charge < -0.3 is 29.4 Å². The summed E-state index contributed by atoms with van der Waals surface area (Å²) < 4.78 is 39.2. The third kappa shape index (κ3) is 3.76. The Labute approximate surface area is 187 Å². The maximum atomic E-state index is 13.9. The number of likely N-dealkylation sites (N-methyl/N-ethyl adjacent to an activating group) is 1. The third-order valence-electron chi connectivity index (χ3n) is 6.27. The molecule has 1 fully saturated rings. The molecule has 1 saturated heterocycles. The van der Waals surface area contributed by atoms with Crippen LogP contribution in [0.25, 0.3) is 0 Å². The Morgan fingerprint density at radius 2 is 2.09 bits per heavy atom. The van der Waals surface area contributed by atoms with Crippen molar-refractivity contribution in [1.82, 2.24) is 14.8 Å². The quantitative estimate of drug-likeness (QED) is 0.689. The third-order valence-corrected chi connectivity index (χ3v) is 6.27. The lowest BCUT2D eigenvalue weighted by molar-refractivity contribution is 0.0327. The Morgan fingerprint density at radius 1 is 1.33 bits per heavy atom. The van der Waals surface area contributed by atoms with Gasteiger partial charge in [0.2, 0.25) is 5.43 Å². The van der Waals surface area contributed by atoms with Crippen LogP contribution in [-0.2, 0) is 29.2 Å². The van der Waals surface area contributed by atoms with Crippen LogP contribution in [0.5, 0.6) is 5.75 Å². The van der Waals surface area contributed by atoms with Gasteiger partial charge in [0, 0.05) is 45.5 Å². The van der Waals surface area contributed by atoms with Gasteiger partial charge in [-0.25, -0.2) is 8.78 Å². The van der Waals surface area contributed by atoms with Gasteiger partial charge in [0.1, 0.15) is 17.2 Å². The van der Waals surface area contributed by atoms with E-state index in [2.05, 4.69) is 5.32 Å². The van der Waals surface area contributed by atoms with Gasteiger partial charge in [-0.15, -0.1) is 0 Å². The van der Waals surface area contributed by atoms with Crippen molar-refractivity contribution in [3.63, 3.8) is 0 Å². The first-order valence-electron chi connectivity index (χ1n) is 10.3. The van der Waals surface area contributed by atoms with E-state index in [1.54, 1.807) is 7.05 Å². The lowest BCUT2D eigenvalue weighted by atomic mass is 9.91. The summed E-state index contributed by atoms with van der Waals surface area (Å²) in [5, 5.41) is 13.0. The van der Waals surface area contributed by atoms with Gasteiger partial charge in [-0.3, -0.25) is 14.4 Å². The van der Waals surface area contributed by atoms with Crippen LogP contribution in [-0.4, -0.2) is 59.3 Å². The van der Waals surface area contributed by atoms with E-state index in [0.717, 1.165) is 6.07 Å². The molecule has 0 saturated carbocycles. The lowest BCUT2D eigenvalue weighted by Gasteiger charge is -2.43. The summed E-state index contributed by atoms with van der Waals surface area (Å²) in [6.45, 7) is 0.377. The average molecular weight is 463 g/mol. The molecule has 1 atom stereocenters. The number of rotatable bonds is 5. The Bertz CT molecular complexity index is 1190. The zero-order valence-corrected chi connectivity index (χ0v) is 18.1. The van der Waals surface area contributed by atoms with E-state index in [-0.39, 0.29) is 43.3 Å². The molecule has 9 nitrogen and oxygen atoms in total. The second-order valence-corrected chi connectivity index (χ2v) is 8.18. The molecule has 0 aliphatic carbocycles. The van der Waals surface area contributed by atoms with Gasteiger partial charge in [0.25, 0.3) is 11.8 Å². The molecule has 2 aromatic rings. The first-order chi connectivity index (χ1) is 15.7. The summed E-state index contributed by atoms with van der Waals surface area (Å²) in [6.07, 6.45) is 0.541. The van der Waals surface area contributed by atoms with Crippen molar-refractivity contribution in [2.75, 3.05) is 27.4 Å². The van der Waals surface area contributed by atoms with Crippen LogP contribution >= 0.6 is 0 Å². The van der Waals surface area contributed by atoms with E-state index in [1.165, 1.54) is 22.6 Å². The fraction of sp³-hybridized carbons (Fsp3) is 0.409. The normalized spacial score (nSPS) is 19.8. The summed E-state index contributed by atoms with van der Waals surface area (Å²) in [4.78, 5) is 40.5. The number of carbonyl (C=O) groups is 2. The van der Waals surface area contributed by atoms with E-state index in [4.69, 9.17) is 9.47 Å². The van der Waals surface area contributed by atoms with Crippen LogP contribution in [0.1, 0.15) is 38.5 Å². The van der Waals surface area contributed by atoms with Crippen molar-refractivity contribution >= 4 is 11.8 Å². The smallest absolute Gasteiger partial charge is 0.274 e. The van der Waals surface area contributed by atoms with Gasteiger partial charge >= 0.3 is 0 Å². The Morgan fingerprint density at radius 3 is 2.73 bits per heavy atom. The van der Waals surface area contributed by atoms with Crippen LogP contribution in [0.15, 0.2) is 23.0 Å². The number of ether oxygens (including phenoxy) is 2. The molecule has 0 bridgehead atoms. The molecule has 1 spiro atoms. The molecular formula is C22H23F2N3O6. The van der Waals surface area contributed by atoms with Crippen LogP contribution in [0, 0.1) is 11.6 Å². The van der Waals surface area contributed by atoms with Crippen molar-refractivity contribution in [2.45, 2.75) is 31.7 Å². The van der Waals surface area contributed by atoms with E-state index >= 15 is 0 Å². The van der Waals surface area contributed by atoms with Crippen molar-refractivity contribution in [3.8, 4) is 5.75 Å². The van der Waals surface area contributed by atoms with Gasteiger partial charge in [-0.1, -0.05) is 6.07 Å². The molecule has 1 unspecified atom stereocenters. The van der Waals surface area contributed by atoms with E-state index in [1.807, 2.05) is 0 Å². The predicted octanol–water partition coefficient (Wildman–Crippen LogP) is 1.15. The number of carbonyl (C=O) groups excluding carboxylic acids is 2. The standard InChI is InChI=1S/C22H23F2N3O6/c1-26-21(31)17-19(29)18(28)16(20(30)25-8-12-3-4-13(23)7-14(12)24)15(9-32-2)27(17)10-22(26)5-6-33-11-22/h3-4,7,29H,5-6,8-11H2,1-2H3,(H,25,30). The number of hydrogen-bond acceptors (Lipinski definition) is 6. The summed E-state index contributed by atoms with van der Waals surface area (Å²) in [5.41, 5.74) is -2.25. The number of benzene rings is 1. The fourth-order valence-corrected chi connectivity index (χ4v) is 4.36. The number of aromatic hydroxyl groups is 1. The highest BCUT2D eigenvalue weighted by Crippen LogP contribution is 2.36. The van der Waals surface area contributed by atoms with Crippen LogP contribution in [0.4, 0.5) is 8.78 Å². The molecule has 33 heavy (non-hydrogen) atoms. The molecule has 176 valence electrons. The molecule has 1 aromatic carbocycles. The van der Waals surface area contributed by atoms with Gasteiger partial charge in [0.05, 0.1) is 24.4 Å². The van der Waals surface area contributed by atoms with Crippen molar-refractivity contribution in [3.05, 3.63) is 62.6 Å². The summed E-state index contributed by atoms with van der Waals surface area (Å²) in [5.74, 6) is -3.92. The number of pyridine rings is 1. The number of aromatic nitrogens is 1. The van der Waals surface area contributed by atoms with Gasteiger partial charge in [-0.05, 0) is 12.5 Å². The monoisotopic (exact) mass is 463 g/mol. The number of methoxy groups -OCH3 is 1. The second-order valence-electron chi connectivity index (χ2n) is 8.18. The Hall–Kier alpha value is -3.31. The first kappa shape index (κ1) is 22.9. The Kier molecular flexibility index (Phi) is 5.93. The summed E-state index contributed by atoms with van der Waals surface area (Å²) >= 11 is 0. The van der Waals surface area contributed by atoms with Crippen molar-refractivity contribution < 1.29 is 33.0 Å². The highest BCUT2D eigenvalue weighted by atomic mass is 19.1. The molecule has 2 amide bonds. The molecule has 2 N–H and O–H groups in total. The average Bonchev–Trinajstić information content (AvgIpc) is 3.24. The maximum absolute atomic E-state index is 13.9. The van der Waals surface area contributed by atoms with E-state index in [9.17, 15) is 28.3 Å². The predicted molar refractivity (Wildman–Crippen MR) is 111 cm³/mol. The largest absolute Gasteiger partial charge is 0.503 e. The summed E-state index contributed by atoms with van der Waals surface area (Å²) in [7, 11) is 2.95. The van der Waals surface area contributed by atoms with Crippen molar-refractivity contribution in [1.29, 1.82) is 0 Å². The lowest BCUT2D eigenvalue weighted by Crippen LogP contribution is -2.58. The number of nitrogens with zero attached hydrogens (tertiary/aromatic N) is 2. The maximum Gasteiger partial charge on any atom is 0.274 e. The molecular weight excluding hydrogens is 440 g/mol. The minimum absolute atomic E-state index is 0.0131. The van der Waals surface area contributed by atoms with Gasteiger partial charge in [-0.2, -0.15) is 0 Å². The number of amides is 2. The summed E-state index contributed by atoms with van der Waals surface area (Å²) in [6, 6.07) is 2.91.